The number of sulfonamides is 1. The fraction of sp³-hybridized carbons (Fsp3) is 0.632. The average Bonchev–Trinajstić information content (AvgIpc) is 2.66. The van der Waals surface area contributed by atoms with Crippen molar-refractivity contribution in [2.45, 2.75) is 56.9 Å². The highest BCUT2D eigenvalue weighted by molar-refractivity contribution is 7.89. The maximum Gasteiger partial charge on any atom is 0.243 e. The van der Waals surface area contributed by atoms with Crippen LogP contribution in [-0.2, 0) is 14.8 Å². The van der Waals surface area contributed by atoms with E-state index in [2.05, 4.69) is 5.32 Å². The molecule has 0 aromatic heterocycles. The number of nitrogens with two attached hydrogens (primary N) is 1. The van der Waals surface area contributed by atoms with Crippen LogP contribution in [0.4, 0.5) is 0 Å². The molecule has 1 fully saturated rings. The lowest BCUT2D eigenvalue weighted by atomic mass is 9.90. The molecule has 3 N–H and O–H groups in total. The molecule has 1 amide bonds. The quantitative estimate of drug-likeness (QED) is 0.712. The van der Waals surface area contributed by atoms with Crippen molar-refractivity contribution in [2.75, 3.05) is 19.6 Å². The number of hydrogen-bond acceptors (Lipinski definition) is 4. The smallest absolute Gasteiger partial charge is 0.243 e. The summed E-state index contributed by atoms with van der Waals surface area (Å²) in [5, 5.41) is 3.11. The van der Waals surface area contributed by atoms with Crippen LogP contribution < -0.4 is 11.1 Å². The number of hydrogen-bond donors (Lipinski definition) is 2. The molecule has 1 aliphatic heterocycles. The second-order valence-corrected chi connectivity index (χ2v) is 9.11. The largest absolute Gasteiger partial charge is 0.349 e. The number of benzene rings is 1. The lowest BCUT2D eigenvalue weighted by Crippen LogP contribution is -2.55. The fourth-order valence-corrected chi connectivity index (χ4v) is 4.82. The normalized spacial score (nSPS) is 16.6. The summed E-state index contributed by atoms with van der Waals surface area (Å²) in [4.78, 5) is 12.9. The SMILES string of the molecule is CCC(CC)(CN)NC(=O)C1CCN(S(=O)(=O)c2ccc(C)cc2)CC1.Cl. The molecule has 0 atom stereocenters. The summed E-state index contributed by atoms with van der Waals surface area (Å²) in [6.45, 7) is 7.10. The van der Waals surface area contributed by atoms with Crippen LogP contribution in [0.5, 0.6) is 0 Å². The molecule has 1 saturated heterocycles. The number of nitrogens with zero attached hydrogens (tertiary/aromatic N) is 1. The number of nitrogens with one attached hydrogen (secondary N) is 1. The maximum absolute atomic E-state index is 12.8. The van der Waals surface area contributed by atoms with Gasteiger partial charge in [0.15, 0.2) is 0 Å². The first-order chi connectivity index (χ1) is 12.3. The van der Waals surface area contributed by atoms with E-state index in [0.717, 1.165) is 18.4 Å². The molecular weight excluding hydrogens is 386 g/mol. The second-order valence-electron chi connectivity index (χ2n) is 7.17. The predicted molar refractivity (Wildman–Crippen MR) is 110 cm³/mol. The highest BCUT2D eigenvalue weighted by Crippen LogP contribution is 2.25. The minimum absolute atomic E-state index is 0. The Balaban J connectivity index is 0.00000364. The molecule has 1 aliphatic rings. The molecule has 0 spiro atoms. The van der Waals surface area contributed by atoms with Crippen LogP contribution in [0.25, 0.3) is 0 Å². The van der Waals surface area contributed by atoms with E-state index < -0.39 is 10.0 Å². The van der Waals surface area contributed by atoms with Gasteiger partial charge in [0.05, 0.1) is 10.4 Å². The molecule has 0 aliphatic carbocycles. The Morgan fingerprint density at radius 3 is 2.15 bits per heavy atom. The molecule has 0 unspecified atom stereocenters. The molecule has 0 bridgehead atoms. The summed E-state index contributed by atoms with van der Waals surface area (Å²) in [6.07, 6.45) is 2.63. The van der Waals surface area contributed by atoms with Crippen molar-refractivity contribution in [3.63, 3.8) is 0 Å². The third kappa shape index (κ3) is 5.44. The van der Waals surface area contributed by atoms with Gasteiger partial charge in [0.2, 0.25) is 15.9 Å². The number of carbonyl (C=O) groups is 1. The second kappa shape index (κ2) is 9.87. The van der Waals surface area contributed by atoms with Gasteiger partial charge >= 0.3 is 0 Å². The lowest BCUT2D eigenvalue weighted by molar-refractivity contribution is -0.128. The Morgan fingerprint density at radius 2 is 1.70 bits per heavy atom. The van der Waals surface area contributed by atoms with Crippen molar-refractivity contribution in [2.24, 2.45) is 11.7 Å². The molecule has 0 saturated carbocycles. The highest BCUT2D eigenvalue weighted by Gasteiger charge is 2.34. The molecule has 0 radical (unpaired) electrons. The first-order valence-electron chi connectivity index (χ1n) is 9.37. The van der Waals surface area contributed by atoms with Gasteiger partial charge in [0.25, 0.3) is 0 Å². The lowest BCUT2D eigenvalue weighted by Gasteiger charge is -2.35. The van der Waals surface area contributed by atoms with E-state index in [4.69, 9.17) is 5.73 Å². The summed E-state index contributed by atoms with van der Waals surface area (Å²) in [5.74, 6) is -0.171. The molecule has 1 aromatic carbocycles. The molecular formula is C19H32ClN3O3S. The minimum atomic E-state index is -3.50. The van der Waals surface area contributed by atoms with Crippen molar-refractivity contribution in [1.29, 1.82) is 0 Å². The zero-order valence-electron chi connectivity index (χ0n) is 16.4. The van der Waals surface area contributed by atoms with E-state index in [9.17, 15) is 13.2 Å². The number of aryl methyl sites for hydroxylation is 1. The van der Waals surface area contributed by atoms with Gasteiger partial charge in [-0.3, -0.25) is 4.79 Å². The van der Waals surface area contributed by atoms with Crippen LogP contribution in [0.2, 0.25) is 0 Å². The van der Waals surface area contributed by atoms with E-state index in [0.29, 0.717) is 37.4 Å². The van der Waals surface area contributed by atoms with Crippen molar-refractivity contribution in [1.82, 2.24) is 9.62 Å². The zero-order valence-corrected chi connectivity index (χ0v) is 18.0. The van der Waals surface area contributed by atoms with E-state index in [1.807, 2.05) is 20.8 Å². The van der Waals surface area contributed by atoms with Crippen LogP contribution in [0, 0.1) is 12.8 Å². The van der Waals surface area contributed by atoms with Crippen LogP contribution in [0.15, 0.2) is 29.2 Å². The topological polar surface area (TPSA) is 92.5 Å². The highest BCUT2D eigenvalue weighted by atomic mass is 35.5. The first-order valence-corrected chi connectivity index (χ1v) is 10.8. The Bertz CT molecular complexity index is 702. The summed E-state index contributed by atoms with van der Waals surface area (Å²) in [6, 6.07) is 6.88. The van der Waals surface area contributed by atoms with Crippen LogP contribution in [-0.4, -0.2) is 43.8 Å². The number of carbonyl (C=O) groups excluding carboxylic acids is 1. The van der Waals surface area contributed by atoms with E-state index >= 15 is 0 Å². The summed E-state index contributed by atoms with van der Waals surface area (Å²) in [7, 11) is -3.50. The van der Waals surface area contributed by atoms with Gasteiger partial charge in [-0.1, -0.05) is 31.5 Å². The molecule has 1 aromatic rings. The fourth-order valence-electron chi connectivity index (χ4n) is 3.35. The number of amides is 1. The third-order valence-electron chi connectivity index (χ3n) is 5.62. The van der Waals surface area contributed by atoms with Gasteiger partial charge in [-0.15, -0.1) is 12.4 Å². The monoisotopic (exact) mass is 417 g/mol. The van der Waals surface area contributed by atoms with Crippen LogP contribution >= 0.6 is 12.4 Å². The van der Waals surface area contributed by atoms with Crippen LogP contribution in [0.1, 0.15) is 45.1 Å². The number of piperidine rings is 1. The summed E-state index contributed by atoms with van der Waals surface area (Å²) in [5.41, 5.74) is 6.52. The molecule has 6 nitrogen and oxygen atoms in total. The summed E-state index contributed by atoms with van der Waals surface area (Å²) < 4.78 is 27.0. The van der Waals surface area contributed by atoms with Crippen LogP contribution in [0.3, 0.4) is 0 Å². The van der Waals surface area contributed by atoms with Gasteiger partial charge in [-0.05, 0) is 44.7 Å². The Hall–Kier alpha value is -1.15. The van der Waals surface area contributed by atoms with Crippen molar-refractivity contribution < 1.29 is 13.2 Å². The Labute approximate surface area is 169 Å². The molecule has 154 valence electrons. The molecule has 8 heteroatoms. The van der Waals surface area contributed by atoms with Gasteiger partial charge in [0, 0.05) is 25.6 Å². The Morgan fingerprint density at radius 1 is 1.19 bits per heavy atom. The average molecular weight is 418 g/mol. The van der Waals surface area contributed by atoms with Gasteiger partial charge < -0.3 is 11.1 Å². The van der Waals surface area contributed by atoms with Crippen molar-refractivity contribution in [3.05, 3.63) is 29.8 Å². The maximum atomic E-state index is 12.8. The van der Waals surface area contributed by atoms with E-state index in [1.165, 1.54) is 4.31 Å². The number of halogens is 1. The molecule has 2 rings (SSSR count). The van der Waals surface area contributed by atoms with Gasteiger partial charge in [-0.2, -0.15) is 4.31 Å². The standard InChI is InChI=1S/C19H31N3O3S.ClH/c1-4-19(5-2,14-20)21-18(23)16-10-12-22(13-11-16)26(24,25)17-8-6-15(3)7-9-17;/h6-9,16H,4-5,10-14,20H2,1-3H3,(H,21,23);1H. The first kappa shape index (κ1) is 23.9. The van der Waals surface area contributed by atoms with E-state index in [-0.39, 0.29) is 29.8 Å². The van der Waals surface area contributed by atoms with Gasteiger partial charge in [0.1, 0.15) is 0 Å². The van der Waals surface area contributed by atoms with Crippen molar-refractivity contribution >= 4 is 28.3 Å². The number of rotatable bonds is 7. The van der Waals surface area contributed by atoms with Gasteiger partial charge in [-0.25, -0.2) is 8.42 Å². The third-order valence-corrected chi connectivity index (χ3v) is 7.53. The molecule has 1 heterocycles. The molecule has 27 heavy (non-hydrogen) atoms. The minimum Gasteiger partial charge on any atom is -0.349 e. The van der Waals surface area contributed by atoms with Crippen molar-refractivity contribution in [3.8, 4) is 0 Å². The Kier molecular flexibility index (Phi) is 8.73. The predicted octanol–water partition coefficient (Wildman–Crippen LogP) is 2.45. The zero-order chi connectivity index (χ0) is 19.4. The van der Waals surface area contributed by atoms with E-state index in [1.54, 1.807) is 24.3 Å². The summed E-state index contributed by atoms with van der Waals surface area (Å²) >= 11 is 0.